The van der Waals surface area contributed by atoms with Crippen molar-refractivity contribution in [2.24, 2.45) is 4.36 Å². The minimum absolute atomic E-state index is 0.197. The van der Waals surface area contributed by atoms with Gasteiger partial charge in [-0.15, -0.1) is 0 Å². The average molecular weight is 402 g/mol. The van der Waals surface area contributed by atoms with Crippen LogP contribution in [-0.4, -0.2) is 47.5 Å². The van der Waals surface area contributed by atoms with Crippen molar-refractivity contribution < 1.29 is 13.3 Å². The first-order chi connectivity index (χ1) is 13.3. The van der Waals surface area contributed by atoms with Crippen molar-refractivity contribution in [1.29, 1.82) is 0 Å². The van der Waals surface area contributed by atoms with Gasteiger partial charge in [0.05, 0.1) is 18.9 Å². The number of halogens is 1. The Balaban J connectivity index is 1.90. The van der Waals surface area contributed by atoms with Crippen LogP contribution in [0.2, 0.25) is 0 Å². The van der Waals surface area contributed by atoms with Crippen molar-refractivity contribution >= 4 is 27.3 Å². The fourth-order valence-corrected chi connectivity index (χ4v) is 4.29. The first kappa shape index (κ1) is 19.1. The SMILES string of the molecule is C[C@@H]1COCCN1c1cc(N=S(C)(C)=O)nc(-c2cc(F)cc3c2C=CC3)c1. The van der Waals surface area contributed by atoms with Gasteiger partial charge < -0.3 is 9.64 Å². The summed E-state index contributed by atoms with van der Waals surface area (Å²) in [5.41, 5.74) is 4.25. The van der Waals surface area contributed by atoms with E-state index in [-0.39, 0.29) is 11.9 Å². The van der Waals surface area contributed by atoms with Gasteiger partial charge >= 0.3 is 0 Å². The first-order valence-corrected chi connectivity index (χ1v) is 11.7. The van der Waals surface area contributed by atoms with Gasteiger partial charge in [0.15, 0.2) is 5.82 Å². The monoisotopic (exact) mass is 401 g/mol. The fraction of sp³-hybridized carbons (Fsp3) is 0.381. The number of hydrogen-bond acceptors (Lipinski definition) is 5. The molecule has 0 saturated carbocycles. The lowest BCUT2D eigenvalue weighted by atomic mass is 9.99. The number of pyridine rings is 1. The Bertz CT molecular complexity index is 1070. The zero-order valence-corrected chi connectivity index (χ0v) is 17.1. The number of hydrogen-bond donors (Lipinski definition) is 0. The van der Waals surface area contributed by atoms with Gasteiger partial charge in [0.2, 0.25) is 0 Å². The zero-order chi connectivity index (χ0) is 19.9. The molecule has 1 fully saturated rings. The Morgan fingerprint density at radius 1 is 1.29 bits per heavy atom. The Morgan fingerprint density at radius 3 is 2.86 bits per heavy atom. The van der Waals surface area contributed by atoms with Crippen molar-refractivity contribution in [3.63, 3.8) is 0 Å². The third-order valence-corrected chi connectivity index (χ3v) is 5.56. The van der Waals surface area contributed by atoms with Crippen molar-refractivity contribution in [2.45, 2.75) is 19.4 Å². The van der Waals surface area contributed by atoms with Crippen LogP contribution >= 0.6 is 0 Å². The Kier molecular flexibility index (Phi) is 4.97. The van der Waals surface area contributed by atoms with Gasteiger partial charge in [0.25, 0.3) is 0 Å². The molecule has 2 heterocycles. The smallest absolute Gasteiger partial charge is 0.164 e. The number of allylic oxidation sites excluding steroid dienone is 1. The van der Waals surface area contributed by atoms with E-state index in [0.29, 0.717) is 24.7 Å². The fourth-order valence-electron chi connectivity index (χ4n) is 3.74. The maximum Gasteiger partial charge on any atom is 0.164 e. The molecule has 0 amide bonds. The lowest BCUT2D eigenvalue weighted by molar-refractivity contribution is 0.0989. The van der Waals surface area contributed by atoms with Crippen LogP contribution < -0.4 is 4.90 Å². The normalized spacial score (nSPS) is 19.0. The number of morpholine rings is 1. The number of nitrogens with zero attached hydrogens (tertiary/aromatic N) is 3. The first-order valence-electron chi connectivity index (χ1n) is 9.33. The predicted molar refractivity (Wildman–Crippen MR) is 112 cm³/mol. The van der Waals surface area contributed by atoms with E-state index in [1.54, 1.807) is 18.6 Å². The highest BCUT2D eigenvalue weighted by molar-refractivity contribution is 7.92. The standard InChI is InChI=1S/C21H24FN3O2S/c1-14-13-27-8-7-25(14)17-11-20(23-21(12-17)24-28(2,3)26)19-10-16(22)9-15-5-4-6-18(15)19/h4,6,9-12,14H,5,7-8,13H2,1-3H3/t14-/m1/s1. The zero-order valence-electron chi connectivity index (χ0n) is 16.3. The molecule has 1 aromatic carbocycles. The largest absolute Gasteiger partial charge is 0.377 e. The molecule has 1 aromatic heterocycles. The molecule has 0 radical (unpaired) electrons. The Labute approximate surface area is 165 Å². The molecule has 0 bridgehead atoms. The van der Waals surface area contributed by atoms with Crippen LogP contribution in [0, 0.1) is 5.82 Å². The molecule has 28 heavy (non-hydrogen) atoms. The van der Waals surface area contributed by atoms with Gasteiger partial charge in [-0.2, -0.15) is 4.36 Å². The second-order valence-electron chi connectivity index (χ2n) is 7.59. The van der Waals surface area contributed by atoms with Gasteiger partial charge in [-0.25, -0.2) is 13.6 Å². The van der Waals surface area contributed by atoms with Crippen LogP contribution in [0.1, 0.15) is 18.1 Å². The summed E-state index contributed by atoms with van der Waals surface area (Å²) in [4.78, 5) is 6.86. The summed E-state index contributed by atoms with van der Waals surface area (Å²) in [6, 6.07) is 7.11. The van der Waals surface area contributed by atoms with E-state index < -0.39 is 9.73 Å². The molecule has 0 spiro atoms. The van der Waals surface area contributed by atoms with Gasteiger partial charge in [-0.3, -0.25) is 0 Å². The summed E-state index contributed by atoms with van der Waals surface area (Å²) in [7, 11) is -2.38. The van der Waals surface area contributed by atoms with Crippen molar-refractivity contribution in [2.75, 3.05) is 37.2 Å². The number of rotatable bonds is 3. The third-order valence-electron chi connectivity index (χ3n) is 4.94. The van der Waals surface area contributed by atoms with E-state index in [9.17, 15) is 8.60 Å². The molecule has 7 heteroatoms. The summed E-state index contributed by atoms with van der Waals surface area (Å²) >= 11 is 0. The summed E-state index contributed by atoms with van der Waals surface area (Å²) < 4.78 is 36.4. The molecule has 4 rings (SSSR count). The van der Waals surface area contributed by atoms with Crippen LogP contribution in [0.5, 0.6) is 0 Å². The number of aromatic nitrogens is 1. The van der Waals surface area contributed by atoms with Crippen LogP contribution in [0.25, 0.3) is 17.3 Å². The highest BCUT2D eigenvalue weighted by Gasteiger charge is 2.22. The van der Waals surface area contributed by atoms with Gasteiger partial charge in [-0.1, -0.05) is 12.2 Å². The van der Waals surface area contributed by atoms with Crippen LogP contribution in [0.15, 0.2) is 34.7 Å². The molecule has 2 aliphatic rings. The van der Waals surface area contributed by atoms with Crippen LogP contribution in [0.3, 0.4) is 0 Å². The predicted octanol–water partition coefficient (Wildman–Crippen LogP) is 4.04. The molecule has 1 aliphatic carbocycles. The Hall–Kier alpha value is -2.25. The highest BCUT2D eigenvalue weighted by Crippen LogP contribution is 2.35. The number of fused-ring (bicyclic) bond motifs is 1. The lowest BCUT2D eigenvalue weighted by Crippen LogP contribution is -2.43. The summed E-state index contributed by atoms with van der Waals surface area (Å²) in [6.45, 7) is 4.13. The van der Waals surface area contributed by atoms with Gasteiger partial charge in [-0.05, 0) is 42.7 Å². The van der Waals surface area contributed by atoms with E-state index in [1.165, 1.54) is 6.07 Å². The molecular formula is C21H24FN3O2S. The maximum absolute atomic E-state index is 14.2. The molecule has 1 aliphatic heterocycles. The third kappa shape index (κ3) is 3.95. The summed E-state index contributed by atoms with van der Waals surface area (Å²) in [5, 5.41) is 0. The Morgan fingerprint density at radius 2 is 2.11 bits per heavy atom. The van der Waals surface area contributed by atoms with E-state index >= 15 is 0 Å². The molecular weight excluding hydrogens is 377 g/mol. The summed E-state index contributed by atoms with van der Waals surface area (Å²) in [6.07, 6.45) is 7.92. The highest BCUT2D eigenvalue weighted by atomic mass is 32.2. The molecule has 1 atom stereocenters. The van der Waals surface area contributed by atoms with Crippen LogP contribution in [-0.2, 0) is 20.9 Å². The molecule has 1 saturated heterocycles. The molecule has 5 nitrogen and oxygen atoms in total. The minimum Gasteiger partial charge on any atom is -0.377 e. The quantitative estimate of drug-likeness (QED) is 0.779. The molecule has 2 aromatic rings. The molecule has 148 valence electrons. The number of anilines is 1. The van der Waals surface area contributed by atoms with E-state index in [0.717, 1.165) is 35.3 Å². The van der Waals surface area contributed by atoms with Crippen LogP contribution in [0.4, 0.5) is 15.9 Å². The number of ether oxygens (including phenoxy) is 1. The van der Waals surface area contributed by atoms with Gasteiger partial charge in [0.1, 0.15) is 5.82 Å². The lowest BCUT2D eigenvalue weighted by Gasteiger charge is -2.35. The second kappa shape index (κ2) is 7.29. The molecule has 0 unspecified atom stereocenters. The van der Waals surface area contributed by atoms with E-state index in [4.69, 9.17) is 4.74 Å². The van der Waals surface area contributed by atoms with Gasteiger partial charge in [0, 0.05) is 52.1 Å². The molecule has 0 N–H and O–H groups in total. The van der Waals surface area contributed by atoms with Crippen molar-refractivity contribution in [3.05, 3.63) is 47.3 Å². The topological polar surface area (TPSA) is 54.8 Å². The number of benzene rings is 1. The van der Waals surface area contributed by atoms with E-state index in [1.807, 2.05) is 24.3 Å². The second-order valence-corrected chi connectivity index (χ2v) is 10.1. The maximum atomic E-state index is 14.2. The van der Waals surface area contributed by atoms with Crippen molar-refractivity contribution in [1.82, 2.24) is 4.98 Å². The average Bonchev–Trinajstić information content (AvgIpc) is 3.08. The minimum atomic E-state index is -2.38. The summed E-state index contributed by atoms with van der Waals surface area (Å²) in [5.74, 6) is 0.124. The van der Waals surface area contributed by atoms with E-state index in [2.05, 4.69) is 21.2 Å². The van der Waals surface area contributed by atoms with Crippen molar-refractivity contribution in [3.8, 4) is 11.3 Å².